The lowest BCUT2D eigenvalue weighted by Gasteiger charge is -2.10. The molecule has 1 aromatic rings. The highest BCUT2D eigenvalue weighted by atomic mass is 19.1. The Morgan fingerprint density at radius 1 is 1.56 bits per heavy atom. The summed E-state index contributed by atoms with van der Waals surface area (Å²) in [5.41, 5.74) is 5.68. The van der Waals surface area contributed by atoms with Crippen LogP contribution in [0.4, 0.5) is 4.39 Å². The Bertz CT molecular complexity index is 380. The number of ether oxygens (including phenoxy) is 1. The number of rotatable bonds is 5. The van der Waals surface area contributed by atoms with Gasteiger partial charge in [0, 0.05) is 0 Å². The summed E-state index contributed by atoms with van der Waals surface area (Å²) in [4.78, 5) is 0. The zero-order chi connectivity index (χ0) is 12.0. The number of oxime groups is 1. The van der Waals surface area contributed by atoms with Gasteiger partial charge in [0.05, 0.1) is 12.2 Å². The molecule has 3 N–H and O–H groups in total. The van der Waals surface area contributed by atoms with Gasteiger partial charge in [0.2, 0.25) is 0 Å². The molecule has 1 rings (SSSR count). The van der Waals surface area contributed by atoms with Gasteiger partial charge in [-0.3, -0.25) is 0 Å². The van der Waals surface area contributed by atoms with Crippen LogP contribution in [0.5, 0.6) is 5.75 Å². The molecule has 0 spiro atoms. The molecule has 16 heavy (non-hydrogen) atoms. The third-order valence-electron chi connectivity index (χ3n) is 2.08. The summed E-state index contributed by atoms with van der Waals surface area (Å²) in [5.74, 6) is -0.194. The standard InChI is InChI=1S/C11H15FN2O2/c1-2-3-6-16-10-5-4-8(12)7-9(10)11(13)14-15/h4-5,7,15H,2-3,6H2,1H3,(H2,13,14). The van der Waals surface area contributed by atoms with Crippen LogP contribution in [0.2, 0.25) is 0 Å². The number of halogens is 1. The average Bonchev–Trinajstić information content (AvgIpc) is 2.30. The molecule has 0 fully saturated rings. The highest BCUT2D eigenvalue weighted by Crippen LogP contribution is 2.19. The molecule has 4 nitrogen and oxygen atoms in total. The van der Waals surface area contributed by atoms with E-state index in [1.807, 2.05) is 6.92 Å². The summed E-state index contributed by atoms with van der Waals surface area (Å²) in [7, 11) is 0. The predicted octanol–water partition coefficient (Wildman–Crippen LogP) is 2.10. The van der Waals surface area contributed by atoms with E-state index in [2.05, 4.69) is 5.16 Å². The second-order valence-electron chi connectivity index (χ2n) is 3.33. The fraction of sp³-hybridized carbons (Fsp3) is 0.364. The van der Waals surface area contributed by atoms with Gasteiger partial charge in [0.25, 0.3) is 0 Å². The molecule has 0 saturated carbocycles. The Kier molecular flexibility index (Phi) is 4.57. The zero-order valence-electron chi connectivity index (χ0n) is 9.11. The minimum absolute atomic E-state index is 0.161. The van der Waals surface area contributed by atoms with E-state index in [1.165, 1.54) is 18.2 Å². The topological polar surface area (TPSA) is 67.8 Å². The van der Waals surface area contributed by atoms with Gasteiger partial charge in [-0.15, -0.1) is 0 Å². The van der Waals surface area contributed by atoms with E-state index < -0.39 is 5.82 Å². The quantitative estimate of drug-likeness (QED) is 0.265. The fourth-order valence-corrected chi connectivity index (χ4v) is 1.21. The van der Waals surface area contributed by atoms with Crippen molar-refractivity contribution in [3.63, 3.8) is 0 Å². The normalized spacial score (nSPS) is 11.5. The van der Waals surface area contributed by atoms with Crippen LogP contribution in [-0.4, -0.2) is 17.6 Å². The Morgan fingerprint density at radius 2 is 2.31 bits per heavy atom. The lowest BCUT2D eigenvalue weighted by molar-refractivity contribution is 0.305. The van der Waals surface area contributed by atoms with Crippen molar-refractivity contribution in [2.24, 2.45) is 10.9 Å². The monoisotopic (exact) mass is 226 g/mol. The molecule has 0 aliphatic carbocycles. The highest BCUT2D eigenvalue weighted by molar-refractivity contribution is 5.99. The molecule has 0 bridgehead atoms. The highest BCUT2D eigenvalue weighted by Gasteiger charge is 2.09. The van der Waals surface area contributed by atoms with Crippen molar-refractivity contribution in [1.29, 1.82) is 0 Å². The van der Waals surface area contributed by atoms with Gasteiger partial charge in [0.15, 0.2) is 5.84 Å². The van der Waals surface area contributed by atoms with Crippen LogP contribution in [-0.2, 0) is 0 Å². The lowest BCUT2D eigenvalue weighted by Crippen LogP contribution is -2.15. The molecule has 0 heterocycles. The maximum absolute atomic E-state index is 13.0. The molecule has 0 aliphatic rings. The average molecular weight is 226 g/mol. The van der Waals surface area contributed by atoms with Gasteiger partial charge in [-0.2, -0.15) is 0 Å². The minimum Gasteiger partial charge on any atom is -0.493 e. The molecule has 0 aliphatic heterocycles. The first-order chi connectivity index (χ1) is 7.69. The Morgan fingerprint density at radius 3 is 2.94 bits per heavy atom. The molecule has 0 aromatic heterocycles. The number of amidine groups is 1. The smallest absolute Gasteiger partial charge is 0.173 e. The van der Waals surface area contributed by atoms with Gasteiger partial charge in [-0.25, -0.2) is 4.39 Å². The van der Waals surface area contributed by atoms with Crippen molar-refractivity contribution in [2.75, 3.05) is 6.61 Å². The number of unbranched alkanes of at least 4 members (excludes halogenated alkanes) is 1. The van der Waals surface area contributed by atoms with Crippen LogP contribution in [0.1, 0.15) is 25.3 Å². The number of benzene rings is 1. The van der Waals surface area contributed by atoms with Crippen LogP contribution in [0.25, 0.3) is 0 Å². The van der Waals surface area contributed by atoms with E-state index in [-0.39, 0.29) is 11.4 Å². The summed E-state index contributed by atoms with van der Waals surface area (Å²) in [6.07, 6.45) is 1.90. The molecule has 88 valence electrons. The summed E-state index contributed by atoms with van der Waals surface area (Å²) in [6.45, 7) is 2.56. The first kappa shape index (κ1) is 12.3. The van der Waals surface area contributed by atoms with E-state index >= 15 is 0 Å². The zero-order valence-corrected chi connectivity index (χ0v) is 9.11. The fourth-order valence-electron chi connectivity index (χ4n) is 1.21. The SMILES string of the molecule is CCCCOc1ccc(F)cc1C(N)=NO. The van der Waals surface area contributed by atoms with Crippen molar-refractivity contribution in [3.8, 4) is 5.75 Å². The molecule has 0 atom stereocenters. The van der Waals surface area contributed by atoms with Gasteiger partial charge >= 0.3 is 0 Å². The van der Waals surface area contributed by atoms with Crippen LogP contribution in [0.15, 0.2) is 23.4 Å². The number of hydrogen-bond acceptors (Lipinski definition) is 3. The van der Waals surface area contributed by atoms with Crippen molar-refractivity contribution < 1.29 is 14.3 Å². The largest absolute Gasteiger partial charge is 0.493 e. The van der Waals surface area contributed by atoms with E-state index in [4.69, 9.17) is 15.7 Å². The van der Waals surface area contributed by atoms with Crippen molar-refractivity contribution in [3.05, 3.63) is 29.6 Å². The number of hydrogen-bond donors (Lipinski definition) is 2. The van der Waals surface area contributed by atoms with Crippen molar-refractivity contribution in [2.45, 2.75) is 19.8 Å². The third-order valence-corrected chi connectivity index (χ3v) is 2.08. The molecule has 0 amide bonds. The van der Waals surface area contributed by atoms with E-state index in [1.54, 1.807) is 0 Å². The molecular weight excluding hydrogens is 211 g/mol. The maximum atomic E-state index is 13.0. The summed E-state index contributed by atoms with van der Waals surface area (Å²) in [6, 6.07) is 3.92. The van der Waals surface area contributed by atoms with E-state index in [0.717, 1.165) is 12.8 Å². The van der Waals surface area contributed by atoms with E-state index in [0.29, 0.717) is 12.4 Å². The molecule has 0 radical (unpaired) electrons. The van der Waals surface area contributed by atoms with Crippen LogP contribution in [0.3, 0.4) is 0 Å². The van der Waals surface area contributed by atoms with Gasteiger partial charge in [-0.1, -0.05) is 18.5 Å². The Hall–Kier alpha value is -1.78. The second kappa shape index (κ2) is 5.95. The van der Waals surface area contributed by atoms with Crippen LogP contribution in [0, 0.1) is 5.82 Å². The minimum atomic E-state index is -0.454. The van der Waals surface area contributed by atoms with Crippen LogP contribution < -0.4 is 10.5 Å². The first-order valence-electron chi connectivity index (χ1n) is 5.09. The van der Waals surface area contributed by atoms with Crippen molar-refractivity contribution in [1.82, 2.24) is 0 Å². The summed E-state index contributed by atoms with van der Waals surface area (Å²) < 4.78 is 18.4. The number of nitrogens with zero attached hydrogens (tertiary/aromatic N) is 1. The number of nitrogens with two attached hydrogens (primary N) is 1. The molecule has 5 heteroatoms. The maximum Gasteiger partial charge on any atom is 0.173 e. The molecule has 0 saturated heterocycles. The Labute approximate surface area is 93.5 Å². The molecule has 1 aromatic carbocycles. The summed E-state index contributed by atoms with van der Waals surface area (Å²) >= 11 is 0. The van der Waals surface area contributed by atoms with Gasteiger partial charge in [-0.05, 0) is 24.6 Å². The summed E-state index contributed by atoms with van der Waals surface area (Å²) in [5, 5.41) is 11.4. The third kappa shape index (κ3) is 3.12. The first-order valence-corrected chi connectivity index (χ1v) is 5.09. The molecular formula is C11H15FN2O2. The van der Waals surface area contributed by atoms with Gasteiger partial charge < -0.3 is 15.7 Å². The lowest BCUT2D eigenvalue weighted by atomic mass is 10.2. The van der Waals surface area contributed by atoms with Crippen molar-refractivity contribution >= 4 is 5.84 Å². The van der Waals surface area contributed by atoms with E-state index in [9.17, 15) is 4.39 Å². The van der Waals surface area contributed by atoms with Crippen LogP contribution >= 0.6 is 0 Å². The molecule has 0 unspecified atom stereocenters. The van der Waals surface area contributed by atoms with Gasteiger partial charge in [0.1, 0.15) is 11.6 Å². The second-order valence-corrected chi connectivity index (χ2v) is 3.33. The Balaban J connectivity index is 2.89. The predicted molar refractivity (Wildman–Crippen MR) is 59.3 cm³/mol.